The molecule has 2 rings (SSSR count). The summed E-state index contributed by atoms with van der Waals surface area (Å²) in [5.41, 5.74) is 9.85. The van der Waals surface area contributed by atoms with Gasteiger partial charge in [-0.2, -0.15) is 0 Å². The summed E-state index contributed by atoms with van der Waals surface area (Å²) in [6.45, 7) is 8.50. The molecule has 1 aromatic rings. The number of nitrogens with one attached hydrogen (secondary N) is 1. The van der Waals surface area contributed by atoms with Crippen LogP contribution in [0.2, 0.25) is 0 Å². The van der Waals surface area contributed by atoms with Crippen LogP contribution in [-0.2, 0) is 11.2 Å². The fraction of sp³-hybridized carbons (Fsp3) is 0.579. The number of nitrogens with two attached hydrogens (primary N) is 1. The van der Waals surface area contributed by atoms with Gasteiger partial charge in [-0.3, -0.25) is 4.99 Å². The topological polar surface area (TPSA) is 80.0 Å². The number of carbonyl (C=O) groups is 1. The van der Waals surface area contributed by atoms with Crippen molar-refractivity contribution in [1.82, 2.24) is 10.2 Å². The zero-order chi connectivity index (χ0) is 18.2. The van der Waals surface area contributed by atoms with E-state index in [0.29, 0.717) is 32.2 Å². The first-order chi connectivity index (χ1) is 12.0. The summed E-state index contributed by atoms with van der Waals surface area (Å²) in [7, 11) is 0. The van der Waals surface area contributed by atoms with Crippen molar-refractivity contribution in [3.8, 4) is 0 Å². The number of benzene rings is 1. The lowest BCUT2D eigenvalue weighted by Crippen LogP contribution is -2.48. The number of aliphatic imine (C=N–C) groups is 1. The smallest absolute Gasteiger partial charge is 0.409 e. The lowest BCUT2D eigenvalue weighted by atomic mass is 10.1. The van der Waals surface area contributed by atoms with Crippen LogP contribution < -0.4 is 11.1 Å². The van der Waals surface area contributed by atoms with Crippen molar-refractivity contribution < 1.29 is 9.53 Å². The SMILES string of the molecule is CCOC(=O)N1CCC(NC(N)=NCCc2cc(C)cc(C)c2)CC1.I. The van der Waals surface area contributed by atoms with E-state index < -0.39 is 0 Å². The minimum atomic E-state index is -0.226. The van der Waals surface area contributed by atoms with Gasteiger partial charge in [-0.05, 0) is 45.6 Å². The highest BCUT2D eigenvalue weighted by molar-refractivity contribution is 14.0. The Morgan fingerprint density at radius 1 is 1.27 bits per heavy atom. The summed E-state index contributed by atoms with van der Waals surface area (Å²) in [5, 5.41) is 3.27. The van der Waals surface area contributed by atoms with E-state index in [-0.39, 0.29) is 36.1 Å². The van der Waals surface area contributed by atoms with Crippen molar-refractivity contribution in [3.05, 3.63) is 34.9 Å². The van der Waals surface area contributed by atoms with Crippen molar-refractivity contribution in [1.29, 1.82) is 0 Å². The molecule has 1 heterocycles. The quantitative estimate of drug-likeness (QED) is 0.391. The molecule has 1 saturated heterocycles. The molecule has 0 bridgehead atoms. The summed E-state index contributed by atoms with van der Waals surface area (Å²) in [6.07, 6.45) is 2.36. The molecule has 0 aromatic heterocycles. The largest absolute Gasteiger partial charge is 0.450 e. The van der Waals surface area contributed by atoms with Gasteiger partial charge in [-0.1, -0.05) is 29.3 Å². The number of halogens is 1. The van der Waals surface area contributed by atoms with Gasteiger partial charge in [0.1, 0.15) is 0 Å². The first-order valence-corrected chi connectivity index (χ1v) is 9.03. The number of hydrogen-bond donors (Lipinski definition) is 2. The van der Waals surface area contributed by atoms with Gasteiger partial charge in [0.05, 0.1) is 6.61 Å². The minimum absolute atomic E-state index is 0. The molecule has 1 amide bonds. The number of hydrogen-bond acceptors (Lipinski definition) is 3. The fourth-order valence-corrected chi connectivity index (χ4v) is 3.19. The molecule has 1 aliphatic heterocycles. The number of rotatable bonds is 5. The molecule has 1 aliphatic rings. The summed E-state index contributed by atoms with van der Waals surface area (Å²) in [5.74, 6) is 0.485. The summed E-state index contributed by atoms with van der Waals surface area (Å²) in [4.78, 5) is 17.9. The van der Waals surface area contributed by atoms with Crippen LogP contribution in [0.3, 0.4) is 0 Å². The maximum atomic E-state index is 11.7. The third kappa shape index (κ3) is 7.39. The van der Waals surface area contributed by atoms with Crippen LogP contribution in [-0.4, -0.2) is 49.2 Å². The lowest BCUT2D eigenvalue weighted by Gasteiger charge is -2.31. The second kappa shape index (κ2) is 11.3. The third-order valence-electron chi connectivity index (χ3n) is 4.34. The van der Waals surface area contributed by atoms with Crippen LogP contribution in [0.4, 0.5) is 4.79 Å². The van der Waals surface area contributed by atoms with Crippen LogP contribution in [0.15, 0.2) is 23.2 Å². The van der Waals surface area contributed by atoms with E-state index in [1.165, 1.54) is 16.7 Å². The van der Waals surface area contributed by atoms with E-state index in [1.807, 2.05) is 6.92 Å². The standard InChI is InChI=1S/C19H30N4O2.HI/c1-4-25-19(24)23-9-6-17(7-10-23)22-18(20)21-8-5-16-12-14(2)11-15(3)13-16;/h11-13,17H,4-10H2,1-3H3,(H3,20,21,22);1H. The number of likely N-dealkylation sites (tertiary alicyclic amines) is 1. The van der Waals surface area contributed by atoms with Crippen molar-refractivity contribution in [2.24, 2.45) is 10.7 Å². The summed E-state index contributed by atoms with van der Waals surface area (Å²) in [6, 6.07) is 6.82. The Bertz CT molecular complexity index is 593. The Balaban J connectivity index is 0.00000338. The predicted octanol–water partition coefficient (Wildman–Crippen LogP) is 2.99. The van der Waals surface area contributed by atoms with E-state index in [2.05, 4.69) is 42.4 Å². The molecule has 7 heteroatoms. The summed E-state index contributed by atoms with van der Waals surface area (Å²) < 4.78 is 5.03. The van der Waals surface area contributed by atoms with E-state index in [0.717, 1.165) is 19.3 Å². The molecule has 0 aliphatic carbocycles. The molecule has 0 unspecified atom stereocenters. The third-order valence-corrected chi connectivity index (χ3v) is 4.34. The van der Waals surface area contributed by atoms with Crippen molar-refractivity contribution in [2.75, 3.05) is 26.2 Å². The van der Waals surface area contributed by atoms with Crippen LogP contribution in [0.1, 0.15) is 36.5 Å². The van der Waals surface area contributed by atoms with Gasteiger partial charge in [-0.25, -0.2) is 4.79 Å². The van der Waals surface area contributed by atoms with Gasteiger partial charge in [0.2, 0.25) is 0 Å². The Kier molecular flexibility index (Phi) is 9.75. The van der Waals surface area contributed by atoms with Crippen LogP contribution in [0.25, 0.3) is 0 Å². The average Bonchev–Trinajstić information content (AvgIpc) is 2.55. The molecule has 0 saturated carbocycles. The number of piperidine rings is 1. The maximum absolute atomic E-state index is 11.7. The number of nitrogens with zero attached hydrogens (tertiary/aromatic N) is 2. The van der Waals surface area contributed by atoms with E-state index >= 15 is 0 Å². The van der Waals surface area contributed by atoms with Crippen molar-refractivity contribution in [2.45, 2.75) is 46.1 Å². The Morgan fingerprint density at radius 2 is 1.88 bits per heavy atom. The molecule has 0 spiro atoms. The summed E-state index contributed by atoms with van der Waals surface area (Å²) >= 11 is 0. The first-order valence-electron chi connectivity index (χ1n) is 9.03. The number of guanidine groups is 1. The van der Waals surface area contributed by atoms with Crippen LogP contribution in [0.5, 0.6) is 0 Å². The molecular weight excluding hydrogens is 443 g/mol. The number of amides is 1. The van der Waals surface area contributed by atoms with Gasteiger partial charge < -0.3 is 20.7 Å². The minimum Gasteiger partial charge on any atom is -0.450 e. The van der Waals surface area contributed by atoms with Gasteiger partial charge in [0, 0.05) is 25.7 Å². The predicted molar refractivity (Wildman–Crippen MR) is 116 cm³/mol. The van der Waals surface area contributed by atoms with Gasteiger partial charge >= 0.3 is 6.09 Å². The number of carbonyl (C=O) groups excluding carboxylic acids is 1. The van der Waals surface area contributed by atoms with E-state index in [1.54, 1.807) is 4.90 Å². The highest BCUT2D eigenvalue weighted by atomic mass is 127. The van der Waals surface area contributed by atoms with Crippen LogP contribution in [0, 0.1) is 13.8 Å². The average molecular weight is 474 g/mol. The highest BCUT2D eigenvalue weighted by Crippen LogP contribution is 2.12. The zero-order valence-electron chi connectivity index (χ0n) is 16.0. The normalized spacial score (nSPS) is 15.3. The molecule has 0 atom stereocenters. The maximum Gasteiger partial charge on any atom is 0.409 e. The lowest BCUT2D eigenvalue weighted by molar-refractivity contribution is 0.0963. The molecule has 1 aromatic carbocycles. The second-order valence-electron chi connectivity index (χ2n) is 6.62. The Labute approximate surface area is 173 Å². The number of aryl methyl sites for hydroxylation is 2. The molecule has 1 fully saturated rings. The van der Waals surface area contributed by atoms with E-state index in [4.69, 9.17) is 10.5 Å². The highest BCUT2D eigenvalue weighted by Gasteiger charge is 2.23. The first kappa shape index (κ1) is 22.5. The van der Waals surface area contributed by atoms with E-state index in [9.17, 15) is 4.79 Å². The molecule has 0 radical (unpaired) electrons. The molecular formula is C19H31IN4O2. The van der Waals surface area contributed by atoms with Crippen LogP contribution >= 0.6 is 24.0 Å². The molecule has 6 nitrogen and oxygen atoms in total. The fourth-order valence-electron chi connectivity index (χ4n) is 3.19. The zero-order valence-corrected chi connectivity index (χ0v) is 18.3. The monoisotopic (exact) mass is 474 g/mol. The Morgan fingerprint density at radius 3 is 2.46 bits per heavy atom. The van der Waals surface area contributed by atoms with Crippen molar-refractivity contribution in [3.63, 3.8) is 0 Å². The molecule has 26 heavy (non-hydrogen) atoms. The molecule has 146 valence electrons. The second-order valence-corrected chi connectivity index (χ2v) is 6.62. The van der Waals surface area contributed by atoms with Gasteiger partial charge in [0.15, 0.2) is 5.96 Å². The molecule has 3 N–H and O–H groups in total. The number of ether oxygens (including phenoxy) is 1. The Hall–Kier alpha value is -1.51. The van der Waals surface area contributed by atoms with Crippen molar-refractivity contribution >= 4 is 36.0 Å². The van der Waals surface area contributed by atoms with Gasteiger partial charge in [0.25, 0.3) is 0 Å². The van der Waals surface area contributed by atoms with Gasteiger partial charge in [-0.15, -0.1) is 24.0 Å².